The van der Waals surface area contributed by atoms with E-state index in [4.69, 9.17) is 16.0 Å². The van der Waals surface area contributed by atoms with Crippen molar-refractivity contribution in [2.24, 2.45) is 0 Å². The molecule has 0 aliphatic rings. The van der Waals surface area contributed by atoms with Crippen LogP contribution in [0.3, 0.4) is 0 Å². The zero-order valence-corrected chi connectivity index (χ0v) is 16.9. The first kappa shape index (κ1) is 18.9. The summed E-state index contributed by atoms with van der Waals surface area (Å²) in [6.07, 6.45) is 0.846. The molecule has 26 heavy (non-hydrogen) atoms. The number of halogens is 1. The molecule has 0 fully saturated rings. The summed E-state index contributed by atoms with van der Waals surface area (Å²) in [6, 6.07) is 7.47. The highest BCUT2D eigenvalue weighted by Crippen LogP contribution is 2.34. The van der Waals surface area contributed by atoms with Crippen LogP contribution in [-0.2, 0) is 0 Å². The number of rotatable bonds is 6. The number of para-hydroxylation sites is 1. The molecule has 2 aromatic heterocycles. The van der Waals surface area contributed by atoms with Crippen molar-refractivity contribution in [1.29, 1.82) is 0 Å². The van der Waals surface area contributed by atoms with E-state index in [-0.39, 0.29) is 5.91 Å². The van der Waals surface area contributed by atoms with Gasteiger partial charge in [-0.2, -0.15) is 0 Å². The molecule has 0 radical (unpaired) electrons. The van der Waals surface area contributed by atoms with Crippen LogP contribution in [0.5, 0.6) is 0 Å². The summed E-state index contributed by atoms with van der Waals surface area (Å²) < 4.78 is 6.52. The summed E-state index contributed by atoms with van der Waals surface area (Å²) in [5.74, 6) is 1.27. The Hall–Kier alpha value is -1.89. The van der Waals surface area contributed by atoms with Crippen LogP contribution in [0.2, 0.25) is 5.02 Å². The van der Waals surface area contributed by atoms with Gasteiger partial charge >= 0.3 is 0 Å². The van der Waals surface area contributed by atoms with Gasteiger partial charge in [0, 0.05) is 6.54 Å². The highest BCUT2D eigenvalue weighted by molar-refractivity contribution is 7.22. The number of fused-ring (bicyclic) bond motifs is 1. The van der Waals surface area contributed by atoms with Crippen molar-refractivity contribution in [1.82, 2.24) is 9.88 Å². The lowest BCUT2D eigenvalue weighted by atomic mass is 10.2. The fourth-order valence-electron chi connectivity index (χ4n) is 2.84. The SMILES string of the molecule is Cc1cc(C(=O)N(CCCN(C)C)c2nc3c(Cl)cccc3s2)c(C)o1. The molecule has 0 N–H and O–H groups in total. The van der Waals surface area contributed by atoms with E-state index in [1.807, 2.05) is 46.1 Å². The molecule has 0 bridgehead atoms. The van der Waals surface area contributed by atoms with E-state index in [0.29, 0.717) is 28.0 Å². The second-order valence-corrected chi connectivity index (χ2v) is 7.94. The highest BCUT2D eigenvalue weighted by atomic mass is 35.5. The molecule has 5 nitrogen and oxygen atoms in total. The summed E-state index contributed by atoms with van der Waals surface area (Å²) in [5, 5.41) is 1.26. The maximum Gasteiger partial charge on any atom is 0.263 e. The van der Waals surface area contributed by atoms with Gasteiger partial charge in [-0.05, 0) is 59.1 Å². The molecule has 3 aromatic rings. The lowest BCUT2D eigenvalue weighted by Gasteiger charge is -2.20. The Kier molecular flexibility index (Phi) is 5.65. The van der Waals surface area contributed by atoms with E-state index in [0.717, 1.165) is 28.9 Å². The van der Waals surface area contributed by atoms with Crippen molar-refractivity contribution in [3.8, 4) is 0 Å². The quantitative estimate of drug-likeness (QED) is 0.608. The number of carbonyl (C=O) groups excluding carboxylic acids is 1. The van der Waals surface area contributed by atoms with Crippen LogP contribution in [0.25, 0.3) is 10.2 Å². The van der Waals surface area contributed by atoms with Gasteiger partial charge in [0.25, 0.3) is 5.91 Å². The predicted molar refractivity (Wildman–Crippen MR) is 108 cm³/mol. The minimum Gasteiger partial charge on any atom is -0.466 e. The van der Waals surface area contributed by atoms with Gasteiger partial charge in [-0.1, -0.05) is 29.0 Å². The number of carbonyl (C=O) groups is 1. The van der Waals surface area contributed by atoms with Crippen molar-refractivity contribution < 1.29 is 9.21 Å². The number of benzene rings is 1. The maximum absolute atomic E-state index is 13.2. The molecule has 0 aliphatic carbocycles. The zero-order chi connectivity index (χ0) is 18.8. The van der Waals surface area contributed by atoms with Crippen molar-refractivity contribution in [3.05, 3.63) is 46.4 Å². The summed E-state index contributed by atoms with van der Waals surface area (Å²) in [7, 11) is 4.04. The number of aromatic nitrogens is 1. The standard InChI is InChI=1S/C19H22ClN3O2S/c1-12-11-14(13(2)25-12)18(24)23(10-6-9-22(3)4)19-21-17-15(20)7-5-8-16(17)26-19/h5,7-8,11H,6,9-10H2,1-4H3. The Labute approximate surface area is 162 Å². The van der Waals surface area contributed by atoms with Gasteiger partial charge < -0.3 is 9.32 Å². The van der Waals surface area contributed by atoms with Crippen LogP contribution in [-0.4, -0.2) is 43.0 Å². The number of aryl methyl sites for hydroxylation is 2. The van der Waals surface area contributed by atoms with E-state index in [2.05, 4.69) is 9.88 Å². The van der Waals surface area contributed by atoms with Crippen LogP contribution >= 0.6 is 22.9 Å². The molecule has 3 rings (SSSR count). The molecule has 0 saturated carbocycles. The van der Waals surface area contributed by atoms with Gasteiger partial charge in [-0.25, -0.2) is 4.98 Å². The number of furan rings is 1. The summed E-state index contributed by atoms with van der Waals surface area (Å²) in [6.45, 7) is 5.13. The summed E-state index contributed by atoms with van der Waals surface area (Å²) in [4.78, 5) is 21.7. The third-order valence-corrected chi connectivity index (χ3v) is 5.44. The second-order valence-electron chi connectivity index (χ2n) is 6.52. The van der Waals surface area contributed by atoms with Crippen LogP contribution in [0.1, 0.15) is 28.3 Å². The highest BCUT2D eigenvalue weighted by Gasteiger charge is 2.24. The number of amides is 1. The Morgan fingerprint density at radius 3 is 2.65 bits per heavy atom. The number of hydrogen-bond donors (Lipinski definition) is 0. The van der Waals surface area contributed by atoms with Gasteiger partial charge in [0.2, 0.25) is 0 Å². The van der Waals surface area contributed by atoms with Crippen LogP contribution < -0.4 is 4.90 Å². The molecule has 0 unspecified atom stereocenters. The minimum atomic E-state index is -0.0896. The normalized spacial score (nSPS) is 11.5. The average molecular weight is 392 g/mol. The van der Waals surface area contributed by atoms with E-state index in [1.165, 1.54) is 11.3 Å². The predicted octanol–water partition coefficient (Wildman–Crippen LogP) is 4.76. The Bertz CT molecular complexity index is 932. The molecule has 0 saturated heterocycles. The topological polar surface area (TPSA) is 49.6 Å². The molecule has 7 heteroatoms. The molecule has 1 aromatic carbocycles. The third-order valence-electron chi connectivity index (χ3n) is 4.09. The average Bonchev–Trinajstić information content (AvgIpc) is 3.14. The Morgan fingerprint density at radius 1 is 1.27 bits per heavy atom. The van der Waals surface area contributed by atoms with E-state index in [9.17, 15) is 4.79 Å². The molecule has 0 spiro atoms. The van der Waals surface area contributed by atoms with E-state index >= 15 is 0 Å². The number of thiazole rings is 1. The molecule has 1 amide bonds. The van der Waals surface area contributed by atoms with Gasteiger partial charge in [-0.15, -0.1) is 0 Å². The molecular formula is C19H22ClN3O2S. The van der Waals surface area contributed by atoms with Crippen LogP contribution in [0, 0.1) is 13.8 Å². The number of anilines is 1. The first-order valence-electron chi connectivity index (χ1n) is 8.45. The summed E-state index contributed by atoms with van der Waals surface area (Å²) in [5.41, 5.74) is 1.32. The smallest absolute Gasteiger partial charge is 0.263 e. The molecule has 0 aliphatic heterocycles. The fraction of sp³-hybridized carbons (Fsp3) is 0.368. The molecule has 138 valence electrons. The molecule has 0 atom stereocenters. The minimum absolute atomic E-state index is 0.0896. The zero-order valence-electron chi connectivity index (χ0n) is 15.4. The van der Waals surface area contributed by atoms with Gasteiger partial charge in [0.1, 0.15) is 17.0 Å². The largest absolute Gasteiger partial charge is 0.466 e. The number of hydrogen-bond acceptors (Lipinski definition) is 5. The monoisotopic (exact) mass is 391 g/mol. The fourth-order valence-corrected chi connectivity index (χ4v) is 4.13. The van der Waals surface area contributed by atoms with Gasteiger partial charge in [0.15, 0.2) is 5.13 Å². The lowest BCUT2D eigenvalue weighted by molar-refractivity contribution is 0.0984. The third kappa shape index (κ3) is 3.92. The number of nitrogens with zero attached hydrogens (tertiary/aromatic N) is 3. The lowest BCUT2D eigenvalue weighted by Crippen LogP contribution is -2.33. The molecule has 2 heterocycles. The Morgan fingerprint density at radius 2 is 2.04 bits per heavy atom. The van der Waals surface area contributed by atoms with Gasteiger partial charge in [0.05, 0.1) is 15.3 Å². The first-order chi connectivity index (χ1) is 12.4. The Balaban J connectivity index is 1.97. The van der Waals surface area contributed by atoms with Crippen molar-refractivity contribution in [2.75, 3.05) is 32.1 Å². The van der Waals surface area contributed by atoms with Gasteiger partial charge in [-0.3, -0.25) is 9.69 Å². The second kappa shape index (κ2) is 7.78. The van der Waals surface area contributed by atoms with E-state index < -0.39 is 0 Å². The molecular weight excluding hydrogens is 370 g/mol. The van der Waals surface area contributed by atoms with Crippen molar-refractivity contribution in [3.63, 3.8) is 0 Å². The van der Waals surface area contributed by atoms with Crippen LogP contribution in [0.4, 0.5) is 5.13 Å². The van der Waals surface area contributed by atoms with Crippen molar-refractivity contribution >= 4 is 44.2 Å². The van der Waals surface area contributed by atoms with Crippen LogP contribution in [0.15, 0.2) is 28.7 Å². The first-order valence-corrected chi connectivity index (χ1v) is 9.65. The summed E-state index contributed by atoms with van der Waals surface area (Å²) >= 11 is 7.74. The van der Waals surface area contributed by atoms with E-state index in [1.54, 1.807) is 11.0 Å². The van der Waals surface area contributed by atoms with Crippen molar-refractivity contribution in [2.45, 2.75) is 20.3 Å². The maximum atomic E-state index is 13.2.